The first-order valence-electron chi connectivity index (χ1n) is 15.6. The van der Waals surface area contributed by atoms with Gasteiger partial charge in [-0.3, -0.25) is 9.59 Å². The average Bonchev–Trinajstić information content (AvgIpc) is 3.64. The first-order valence-corrected chi connectivity index (χ1v) is 15.6. The molecule has 0 atom stereocenters. The van der Waals surface area contributed by atoms with Crippen LogP contribution in [0.25, 0.3) is 21.5 Å². The maximum absolute atomic E-state index is 13.5. The van der Waals surface area contributed by atoms with Crippen molar-refractivity contribution < 1.29 is 14.3 Å². The summed E-state index contributed by atoms with van der Waals surface area (Å²) in [4.78, 5) is 43.6. The Labute approximate surface area is 289 Å². The number of carbonyl (C=O) groups excluding carboxylic acids is 2. The summed E-state index contributed by atoms with van der Waals surface area (Å²) in [5.74, 6) is 0.0108. The number of amidine groups is 2. The van der Waals surface area contributed by atoms with E-state index < -0.39 is 11.8 Å². The number of aryl methyl sites for hydroxylation is 3. The molecule has 0 spiro atoms. The molecule has 10 heteroatoms. The molecule has 0 saturated heterocycles. The van der Waals surface area contributed by atoms with Crippen LogP contribution in [0.3, 0.4) is 0 Å². The van der Waals surface area contributed by atoms with Crippen LogP contribution in [0.1, 0.15) is 43.0 Å². The Bertz CT molecular complexity index is 2370. The number of nitrogens with zero attached hydrogens (tertiary/aromatic N) is 4. The lowest BCUT2D eigenvalue weighted by Gasteiger charge is -2.10. The van der Waals surface area contributed by atoms with E-state index >= 15 is 0 Å². The normalized spacial score (nSPS) is 13.0. The van der Waals surface area contributed by atoms with Crippen molar-refractivity contribution in [2.75, 3.05) is 12.4 Å². The summed E-state index contributed by atoms with van der Waals surface area (Å²) < 4.78 is 5.38. The Morgan fingerprint density at radius 3 is 2.02 bits per heavy atom. The van der Waals surface area contributed by atoms with Crippen molar-refractivity contribution in [2.45, 2.75) is 20.8 Å². The maximum atomic E-state index is 13.5. The predicted octanol–water partition coefficient (Wildman–Crippen LogP) is 8.27. The number of aliphatic imine (C=N–C) groups is 2. The van der Waals surface area contributed by atoms with E-state index in [1.165, 1.54) is 7.11 Å². The highest BCUT2D eigenvalue weighted by Gasteiger charge is 2.31. The van der Waals surface area contributed by atoms with Crippen LogP contribution in [0.4, 0.5) is 17.3 Å². The number of ether oxygens (including phenoxy) is 1. The highest BCUT2D eigenvalue weighted by atomic mass is 16.5. The minimum absolute atomic E-state index is 0.0166. The number of rotatable bonds is 7. The van der Waals surface area contributed by atoms with E-state index in [4.69, 9.17) is 21.3 Å². The zero-order chi connectivity index (χ0) is 35.4. The number of amides is 2. The maximum Gasteiger partial charge on any atom is 0.260 e. The lowest BCUT2D eigenvalue weighted by molar-refractivity contribution is 0.0973. The number of carbonyl (C=O) groups is 2. The van der Waals surface area contributed by atoms with Gasteiger partial charge in [-0.25, -0.2) is 14.8 Å². The van der Waals surface area contributed by atoms with Gasteiger partial charge >= 0.3 is 0 Å². The van der Waals surface area contributed by atoms with E-state index in [0.29, 0.717) is 28.0 Å². The van der Waals surface area contributed by atoms with Gasteiger partial charge in [-0.1, -0.05) is 78.9 Å². The van der Waals surface area contributed by atoms with E-state index in [9.17, 15) is 14.9 Å². The Kier molecular flexibility index (Phi) is 9.19. The van der Waals surface area contributed by atoms with Gasteiger partial charge in [0.2, 0.25) is 5.69 Å². The summed E-state index contributed by atoms with van der Waals surface area (Å²) in [5, 5.41) is 16.2. The summed E-state index contributed by atoms with van der Waals surface area (Å²) in [6, 6.07) is 31.2. The highest BCUT2D eigenvalue weighted by Crippen LogP contribution is 2.46. The molecular formula is C40H31N7O3. The molecule has 0 unspecified atom stereocenters. The molecule has 0 aliphatic carbocycles. The Morgan fingerprint density at radius 1 is 0.820 bits per heavy atom. The van der Waals surface area contributed by atoms with Crippen molar-refractivity contribution in [1.82, 2.24) is 10.3 Å². The molecule has 0 radical (unpaired) electrons. The van der Waals surface area contributed by atoms with E-state index in [1.54, 1.807) is 36.4 Å². The van der Waals surface area contributed by atoms with Crippen LogP contribution >= 0.6 is 0 Å². The molecule has 10 nitrogen and oxygen atoms in total. The van der Waals surface area contributed by atoms with Crippen LogP contribution in [0.15, 0.2) is 113 Å². The summed E-state index contributed by atoms with van der Waals surface area (Å²) in [7, 11) is 1.47. The first kappa shape index (κ1) is 32.9. The molecule has 5 aromatic rings. The Hall–Kier alpha value is -7.04. The van der Waals surface area contributed by atoms with Crippen molar-refractivity contribution in [3.63, 3.8) is 0 Å². The lowest BCUT2D eigenvalue weighted by atomic mass is 9.96. The van der Waals surface area contributed by atoms with E-state index in [2.05, 4.69) is 26.5 Å². The average molecular weight is 658 g/mol. The van der Waals surface area contributed by atoms with Gasteiger partial charge in [-0.2, -0.15) is 5.26 Å². The number of nitrogens with one attached hydrogen (secondary N) is 3. The topological polar surface area (TPSA) is 136 Å². The molecule has 1 aliphatic heterocycles. The number of benzene rings is 4. The molecule has 4 aromatic carbocycles. The molecule has 2 heterocycles. The highest BCUT2D eigenvalue weighted by molar-refractivity contribution is 6.40. The third kappa shape index (κ3) is 6.17. The van der Waals surface area contributed by atoms with Crippen molar-refractivity contribution in [2.24, 2.45) is 9.98 Å². The van der Waals surface area contributed by atoms with Gasteiger partial charge in [-0.05, 0) is 66.8 Å². The number of H-pyrrole nitrogens is 1. The van der Waals surface area contributed by atoms with Crippen LogP contribution in [-0.4, -0.2) is 35.6 Å². The molecule has 50 heavy (non-hydrogen) atoms. The largest absolute Gasteiger partial charge is 0.496 e. The van der Waals surface area contributed by atoms with Crippen molar-refractivity contribution in [3.8, 4) is 22.9 Å². The molecule has 6 rings (SSSR count). The number of anilines is 1. The van der Waals surface area contributed by atoms with Gasteiger partial charge in [-0.15, -0.1) is 0 Å². The van der Waals surface area contributed by atoms with Gasteiger partial charge in [0.1, 0.15) is 29.0 Å². The molecule has 2 amide bonds. The number of para-hydroxylation sites is 1. The van der Waals surface area contributed by atoms with Crippen LogP contribution in [0.2, 0.25) is 0 Å². The molecule has 244 valence electrons. The standard InChI is InChI=1S/C40H31N7O3/c1-23-14-6-9-17-26(23)32-30(22-41)35(46-40(49)29-20-12-13-21-31(29)50-5)43-36(32)44-37-33(27-18-10-7-15-24(27)2)34(42-4)38(45-37)47-39(48)28-19-11-8-16-25(28)3/h6-21,45H,1-3,5H3,(H,47,48)(H,43,44,46,49). The van der Waals surface area contributed by atoms with Crippen molar-refractivity contribution in [3.05, 3.63) is 147 Å². The second-order valence-electron chi connectivity index (χ2n) is 11.5. The summed E-state index contributed by atoms with van der Waals surface area (Å²) >= 11 is 0. The SMILES string of the molecule is [C-]#[N+]c1c(NC(=O)c2ccccc2C)[nH]c(N=C2N=C(NC(=O)c3ccccc3OC)C(C#N)=C2c2ccccc2C)c1-c1ccccc1C. The molecule has 3 N–H and O–H groups in total. The fraction of sp³-hybridized carbons (Fsp3) is 0.100. The number of aromatic amines is 1. The number of hydrogen-bond acceptors (Lipinski definition) is 5. The Balaban J connectivity index is 1.55. The molecule has 1 aromatic heterocycles. The van der Waals surface area contributed by atoms with Gasteiger partial charge < -0.3 is 20.4 Å². The third-order valence-electron chi connectivity index (χ3n) is 8.36. The molecule has 1 aliphatic rings. The number of hydrogen-bond donors (Lipinski definition) is 3. The fourth-order valence-corrected chi connectivity index (χ4v) is 5.83. The minimum Gasteiger partial charge on any atom is -0.496 e. The quantitative estimate of drug-likeness (QED) is 0.152. The van der Waals surface area contributed by atoms with E-state index in [0.717, 1.165) is 22.3 Å². The zero-order valence-corrected chi connectivity index (χ0v) is 27.8. The molecule has 0 bridgehead atoms. The fourth-order valence-electron chi connectivity index (χ4n) is 5.83. The van der Waals surface area contributed by atoms with Gasteiger partial charge in [0, 0.05) is 16.7 Å². The Morgan fingerprint density at radius 2 is 1.40 bits per heavy atom. The number of methoxy groups -OCH3 is 1. The second kappa shape index (κ2) is 14.0. The van der Waals surface area contributed by atoms with Gasteiger partial charge in [0.05, 0.1) is 19.2 Å². The summed E-state index contributed by atoms with van der Waals surface area (Å²) in [5.41, 5.74) is 5.78. The second-order valence-corrected chi connectivity index (χ2v) is 11.5. The predicted molar refractivity (Wildman–Crippen MR) is 195 cm³/mol. The third-order valence-corrected chi connectivity index (χ3v) is 8.36. The molecule has 0 fully saturated rings. The lowest BCUT2D eigenvalue weighted by Crippen LogP contribution is -2.31. The van der Waals surface area contributed by atoms with Crippen molar-refractivity contribution >= 4 is 46.4 Å². The minimum atomic E-state index is -0.517. The first-order chi connectivity index (χ1) is 24.2. The van der Waals surface area contributed by atoms with Crippen LogP contribution < -0.4 is 15.4 Å². The monoisotopic (exact) mass is 657 g/mol. The number of nitriles is 1. The van der Waals surface area contributed by atoms with Gasteiger partial charge in [0.15, 0.2) is 11.7 Å². The van der Waals surface area contributed by atoms with Crippen LogP contribution in [0, 0.1) is 38.7 Å². The van der Waals surface area contributed by atoms with E-state index in [1.807, 2.05) is 81.4 Å². The smallest absolute Gasteiger partial charge is 0.260 e. The van der Waals surface area contributed by atoms with Crippen LogP contribution in [0.5, 0.6) is 5.75 Å². The van der Waals surface area contributed by atoms with E-state index in [-0.39, 0.29) is 40.1 Å². The molecular weight excluding hydrogens is 626 g/mol. The number of aromatic nitrogens is 1. The van der Waals surface area contributed by atoms with Crippen LogP contribution in [-0.2, 0) is 0 Å². The van der Waals surface area contributed by atoms with Crippen molar-refractivity contribution in [1.29, 1.82) is 5.26 Å². The summed E-state index contributed by atoms with van der Waals surface area (Å²) in [6.07, 6.45) is 0. The molecule has 0 saturated carbocycles. The summed E-state index contributed by atoms with van der Waals surface area (Å²) in [6.45, 7) is 13.9. The zero-order valence-electron chi connectivity index (χ0n) is 27.8. The van der Waals surface area contributed by atoms with Gasteiger partial charge in [0.25, 0.3) is 11.8 Å².